The largest absolute Gasteiger partial charge is 0.507 e. The van der Waals surface area contributed by atoms with Crippen molar-refractivity contribution >= 4 is 33.2 Å². The highest BCUT2D eigenvalue weighted by Gasteiger charge is 2.27. The summed E-state index contributed by atoms with van der Waals surface area (Å²) in [6.07, 6.45) is 1.44. The number of hydrogen-bond donors (Lipinski definition) is 3. The van der Waals surface area contributed by atoms with Crippen LogP contribution in [-0.2, 0) is 10.0 Å². The maximum Gasteiger partial charge on any atom is 0.349 e. The lowest BCUT2D eigenvalue weighted by Gasteiger charge is -2.24. The van der Waals surface area contributed by atoms with Crippen molar-refractivity contribution in [3.63, 3.8) is 0 Å². The molecule has 0 aliphatic carbocycles. The third-order valence-electron chi connectivity index (χ3n) is 4.68. The molecular weight excluding hydrogens is 495 g/mol. The Morgan fingerprint density at radius 1 is 1.18 bits per heavy atom. The third-order valence-corrected chi connectivity index (χ3v) is 6.96. The number of nitrogens with zero attached hydrogens (tertiary/aromatic N) is 2. The van der Waals surface area contributed by atoms with Crippen LogP contribution in [0.3, 0.4) is 0 Å². The van der Waals surface area contributed by atoms with E-state index in [4.69, 9.17) is 27.9 Å². The quantitative estimate of drug-likeness (QED) is 0.439. The number of phenolic OH excluding ortho intramolecular Hbond substituents is 1. The van der Waals surface area contributed by atoms with Crippen LogP contribution in [0.4, 0.5) is 0 Å². The van der Waals surface area contributed by atoms with E-state index in [1.807, 2.05) is 6.92 Å². The fraction of sp³-hybridized carbons (Fsp3) is 0.250. The smallest absolute Gasteiger partial charge is 0.349 e. The fourth-order valence-corrected chi connectivity index (χ4v) is 4.83. The second-order valence-electron chi connectivity index (χ2n) is 7.66. The number of aromatic nitrogens is 3. The molecular formula is C20H20Cl2N4O6S. The van der Waals surface area contributed by atoms with Crippen molar-refractivity contribution in [1.29, 1.82) is 0 Å². The minimum absolute atomic E-state index is 0.0138. The summed E-state index contributed by atoms with van der Waals surface area (Å²) >= 11 is 12.6. The number of halogens is 2. The van der Waals surface area contributed by atoms with E-state index >= 15 is 0 Å². The summed E-state index contributed by atoms with van der Waals surface area (Å²) in [6.45, 7) is 5.25. The Morgan fingerprint density at radius 2 is 1.82 bits per heavy atom. The number of rotatable bonds is 7. The van der Waals surface area contributed by atoms with Crippen LogP contribution in [0.5, 0.6) is 17.2 Å². The lowest BCUT2D eigenvalue weighted by molar-refractivity contribution is 0.428. The summed E-state index contributed by atoms with van der Waals surface area (Å²) in [7, 11) is -4.07. The molecule has 0 unspecified atom stereocenters. The summed E-state index contributed by atoms with van der Waals surface area (Å²) in [5.74, 6) is -0.438. The van der Waals surface area contributed by atoms with E-state index in [-0.39, 0.29) is 32.1 Å². The Hall–Kier alpha value is -2.86. The first kappa shape index (κ1) is 24.8. The number of sulfonamides is 1. The molecule has 176 valence electrons. The molecule has 3 aromatic rings. The number of aromatic hydroxyl groups is 1. The van der Waals surface area contributed by atoms with Gasteiger partial charge in [0.15, 0.2) is 5.75 Å². The topological polar surface area (TPSA) is 143 Å². The normalized spacial score (nSPS) is 12.0. The van der Waals surface area contributed by atoms with Gasteiger partial charge in [-0.15, -0.1) is 0 Å². The van der Waals surface area contributed by atoms with Crippen LogP contribution in [0.1, 0.15) is 27.2 Å². The minimum Gasteiger partial charge on any atom is -0.507 e. The van der Waals surface area contributed by atoms with Gasteiger partial charge in [-0.05, 0) is 44.5 Å². The van der Waals surface area contributed by atoms with Gasteiger partial charge in [-0.25, -0.2) is 17.9 Å². The van der Waals surface area contributed by atoms with Crippen LogP contribution in [0.2, 0.25) is 10.0 Å². The van der Waals surface area contributed by atoms with Crippen LogP contribution in [-0.4, -0.2) is 33.8 Å². The molecule has 10 nitrogen and oxygen atoms in total. The molecule has 0 saturated carbocycles. The van der Waals surface area contributed by atoms with E-state index in [2.05, 4.69) is 14.8 Å². The number of H-pyrrole nitrogens is 1. The predicted molar refractivity (Wildman–Crippen MR) is 123 cm³/mol. The van der Waals surface area contributed by atoms with E-state index in [1.165, 1.54) is 24.3 Å². The predicted octanol–water partition coefficient (Wildman–Crippen LogP) is 3.19. The molecule has 0 bridgehead atoms. The highest BCUT2D eigenvalue weighted by molar-refractivity contribution is 7.89. The number of phenols is 1. The first-order valence-corrected chi connectivity index (χ1v) is 11.8. The van der Waals surface area contributed by atoms with Gasteiger partial charge in [-0.2, -0.15) is 9.78 Å². The molecule has 0 saturated heterocycles. The van der Waals surface area contributed by atoms with Crippen molar-refractivity contribution in [1.82, 2.24) is 19.5 Å². The molecule has 2 aromatic carbocycles. The van der Waals surface area contributed by atoms with E-state index < -0.39 is 32.6 Å². The van der Waals surface area contributed by atoms with E-state index in [0.29, 0.717) is 6.42 Å². The van der Waals surface area contributed by atoms with Crippen LogP contribution >= 0.6 is 23.2 Å². The average Bonchev–Trinajstić information content (AvgIpc) is 2.71. The van der Waals surface area contributed by atoms with Crippen molar-refractivity contribution < 1.29 is 18.3 Å². The van der Waals surface area contributed by atoms with Crippen LogP contribution in [0, 0.1) is 0 Å². The van der Waals surface area contributed by atoms with Crippen LogP contribution in [0.15, 0.2) is 51.0 Å². The lowest BCUT2D eigenvalue weighted by atomic mass is 10.0. The molecule has 0 amide bonds. The SMILES string of the molecule is CCC(C)(C)NS(=O)(=O)c1cc(Oc2c(Cl)cc(-n3ncc(=O)[nH]c3=O)cc2Cl)ccc1O. The molecule has 0 aliphatic rings. The van der Waals surface area contributed by atoms with Gasteiger partial charge in [-0.3, -0.25) is 9.78 Å². The van der Waals surface area contributed by atoms with Crippen LogP contribution < -0.4 is 20.7 Å². The van der Waals surface area contributed by atoms with Gasteiger partial charge in [0, 0.05) is 11.6 Å². The second-order valence-corrected chi connectivity index (χ2v) is 10.1. The van der Waals surface area contributed by atoms with Gasteiger partial charge >= 0.3 is 5.69 Å². The first-order chi connectivity index (χ1) is 15.3. The highest BCUT2D eigenvalue weighted by atomic mass is 35.5. The Bertz CT molecular complexity index is 1410. The van der Waals surface area contributed by atoms with Gasteiger partial charge in [0.2, 0.25) is 10.0 Å². The monoisotopic (exact) mass is 514 g/mol. The number of ether oxygens (including phenoxy) is 1. The fourth-order valence-electron chi connectivity index (χ4n) is 2.69. The first-order valence-electron chi connectivity index (χ1n) is 9.56. The molecule has 0 radical (unpaired) electrons. The number of benzene rings is 2. The molecule has 0 atom stereocenters. The summed E-state index contributed by atoms with van der Waals surface area (Å²) in [5.41, 5.74) is -2.03. The molecule has 3 N–H and O–H groups in total. The minimum atomic E-state index is -4.07. The van der Waals surface area contributed by atoms with Crippen molar-refractivity contribution in [2.75, 3.05) is 0 Å². The maximum absolute atomic E-state index is 12.8. The van der Waals surface area contributed by atoms with Crippen molar-refractivity contribution in [2.24, 2.45) is 0 Å². The standard InChI is InChI=1S/C20H20Cl2N4O6S/c1-4-20(2,3)25-33(30,31)16-9-12(5-6-15(16)27)32-18-13(21)7-11(8-14(18)22)26-19(29)24-17(28)10-23-26/h5-10,25,27H,4H2,1-3H3,(H,24,28,29). The third kappa shape index (κ3) is 5.56. The molecule has 0 aliphatic heterocycles. The maximum atomic E-state index is 12.8. The highest BCUT2D eigenvalue weighted by Crippen LogP contribution is 2.39. The zero-order valence-corrected chi connectivity index (χ0v) is 20.0. The Balaban J connectivity index is 1.98. The molecule has 0 fully saturated rings. The lowest BCUT2D eigenvalue weighted by Crippen LogP contribution is -2.42. The zero-order chi connectivity index (χ0) is 24.6. The summed E-state index contributed by atoms with van der Waals surface area (Å²) in [4.78, 5) is 24.9. The Kier molecular flexibility index (Phi) is 6.89. The van der Waals surface area contributed by atoms with Crippen molar-refractivity contribution in [3.8, 4) is 22.9 Å². The van der Waals surface area contributed by atoms with Gasteiger partial charge in [0.1, 0.15) is 22.6 Å². The van der Waals surface area contributed by atoms with Gasteiger partial charge in [0.25, 0.3) is 5.56 Å². The molecule has 33 heavy (non-hydrogen) atoms. The Morgan fingerprint density at radius 3 is 2.39 bits per heavy atom. The summed E-state index contributed by atoms with van der Waals surface area (Å²) < 4.78 is 34.7. The molecule has 0 spiro atoms. The number of hydrogen-bond acceptors (Lipinski definition) is 7. The molecule has 1 aromatic heterocycles. The average molecular weight is 515 g/mol. The summed E-state index contributed by atoms with van der Waals surface area (Å²) in [6, 6.07) is 6.31. The zero-order valence-electron chi connectivity index (χ0n) is 17.7. The van der Waals surface area contributed by atoms with Gasteiger partial charge in [-0.1, -0.05) is 30.1 Å². The van der Waals surface area contributed by atoms with E-state index in [0.717, 1.165) is 16.9 Å². The van der Waals surface area contributed by atoms with E-state index in [1.54, 1.807) is 13.8 Å². The van der Waals surface area contributed by atoms with Crippen LogP contribution in [0.25, 0.3) is 5.69 Å². The van der Waals surface area contributed by atoms with E-state index in [9.17, 15) is 23.1 Å². The Labute approximate surface area is 198 Å². The van der Waals surface area contributed by atoms with Gasteiger partial charge in [0.05, 0.1) is 15.7 Å². The molecule has 1 heterocycles. The number of aromatic amines is 1. The second kappa shape index (κ2) is 9.18. The summed E-state index contributed by atoms with van der Waals surface area (Å²) in [5, 5.41) is 13.8. The van der Waals surface area contributed by atoms with Crippen molar-refractivity contribution in [2.45, 2.75) is 37.6 Å². The van der Waals surface area contributed by atoms with Gasteiger partial charge < -0.3 is 9.84 Å². The molecule has 3 rings (SSSR count). The number of nitrogens with one attached hydrogen (secondary N) is 2. The van der Waals surface area contributed by atoms with Crippen molar-refractivity contribution in [3.05, 3.63) is 67.4 Å². The molecule has 13 heteroatoms.